The van der Waals surface area contributed by atoms with Gasteiger partial charge in [0.2, 0.25) is 5.88 Å². The number of pyridine rings is 1. The minimum absolute atomic E-state index is 0.171. The van der Waals surface area contributed by atoms with Gasteiger partial charge in [-0.2, -0.15) is 0 Å². The smallest absolute Gasteiger partial charge is 0.326 e. The number of aromatic nitrogens is 1. The molecule has 0 atom stereocenters. The molecule has 0 bridgehead atoms. The summed E-state index contributed by atoms with van der Waals surface area (Å²) in [5, 5.41) is 1.01. The summed E-state index contributed by atoms with van der Waals surface area (Å²) in [4.78, 5) is 15.7. The Morgan fingerprint density at radius 3 is 2.52 bits per heavy atom. The van der Waals surface area contributed by atoms with Gasteiger partial charge in [0.05, 0.1) is 12.1 Å². The maximum atomic E-state index is 11.4. The predicted molar refractivity (Wildman–Crippen MR) is 81.9 cm³/mol. The van der Waals surface area contributed by atoms with E-state index < -0.39 is 5.97 Å². The molecule has 0 aliphatic heterocycles. The number of nitrogens with two attached hydrogens (primary N) is 1. The molecule has 1 aromatic heterocycles. The van der Waals surface area contributed by atoms with E-state index in [0.717, 1.165) is 22.0 Å². The van der Waals surface area contributed by atoms with Crippen molar-refractivity contribution >= 4 is 16.9 Å². The first-order valence-electron chi connectivity index (χ1n) is 6.64. The van der Waals surface area contributed by atoms with E-state index in [9.17, 15) is 4.79 Å². The lowest BCUT2D eigenvalue weighted by atomic mass is 10.0. The van der Waals surface area contributed by atoms with Crippen molar-refractivity contribution in [3.63, 3.8) is 0 Å². The lowest BCUT2D eigenvalue weighted by Crippen LogP contribution is -2.19. The third-order valence-corrected chi connectivity index (χ3v) is 3.16. The van der Waals surface area contributed by atoms with Crippen LogP contribution >= 0.6 is 0 Å². The number of para-hydroxylation sites is 1. The van der Waals surface area contributed by atoms with Crippen LogP contribution in [0.2, 0.25) is 0 Å². The highest BCUT2D eigenvalue weighted by Gasteiger charge is 2.10. The van der Waals surface area contributed by atoms with Crippen molar-refractivity contribution < 1.29 is 9.53 Å². The number of hydrogen-bond acceptors (Lipinski definition) is 4. The van der Waals surface area contributed by atoms with Crippen molar-refractivity contribution in [2.45, 2.75) is 0 Å². The van der Waals surface area contributed by atoms with Crippen LogP contribution in [0.4, 0.5) is 0 Å². The van der Waals surface area contributed by atoms with Gasteiger partial charge in [-0.05, 0) is 17.2 Å². The lowest BCUT2D eigenvalue weighted by molar-refractivity contribution is -0.133. The minimum atomic E-state index is -0.503. The van der Waals surface area contributed by atoms with Gasteiger partial charge >= 0.3 is 5.97 Å². The molecule has 0 unspecified atom stereocenters. The number of benzene rings is 2. The summed E-state index contributed by atoms with van der Waals surface area (Å²) in [7, 11) is 0. The van der Waals surface area contributed by atoms with E-state index in [4.69, 9.17) is 10.5 Å². The number of fused-ring (bicyclic) bond motifs is 1. The quantitative estimate of drug-likeness (QED) is 0.748. The first kappa shape index (κ1) is 13.3. The maximum Gasteiger partial charge on any atom is 0.326 e. The predicted octanol–water partition coefficient (Wildman–Crippen LogP) is 2.77. The number of nitrogens with zero attached hydrogens (tertiary/aromatic N) is 1. The number of ether oxygens (including phenoxy) is 1. The second-order valence-electron chi connectivity index (χ2n) is 4.57. The zero-order valence-electron chi connectivity index (χ0n) is 11.3. The van der Waals surface area contributed by atoms with Crippen molar-refractivity contribution in [3.05, 3.63) is 60.7 Å². The van der Waals surface area contributed by atoms with E-state index >= 15 is 0 Å². The Bertz CT molecular complexity index is 785. The number of esters is 1. The topological polar surface area (TPSA) is 65.2 Å². The van der Waals surface area contributed by atoms with Gasteiger partial charge in [-0.1, -0.05) is 48.5 Å². The summed E-state index contributed by atoms with van der Waals surface area (Å²) < 4.78 is 5.16. The molecular weight excluding hydrogens is 264 g/mol. The molecule has 3 rings (SSSR count). The average molecular weight is 278 g/mol. The third-order valence-electron chi connectivity index (χ3n) is 3.16. The fourth-order valence-corrected chi connectivity index (χ4v) is 2.22. The second-order valence-corrected chi connectivity index (χ2v) is 4.57. The molecule has 0 amide bonds. The van der Waals surface area contributed by atoms with Crippen LogP contribution in [0.3, 0.4) is 0 Å². The third kappa shape index (κ3) is 2.75. The second kappa shape index (κ2) is 5.73. The van der Waals surface area contributed by atoms with Gasteiger partial charge in [-0.15, -0.1) is 0 Å². The lowest BCUT2D eigenvalue weighted by Gasteiger charge is -2.09. The summed E-state index contributed by atoms with van der Waals surface area (Å²) in [6.45, 7) is -0.171. The Kier molecular flexibility index (Phi) is 3.62. The van der Waals surface area contributed by atoms with E-state index in [1.807, 2.05) is 54.6 Å². The maximum absolute atomic E-state index is 11.4. The molecule has 21 heavy (non-hydrogen) atoms. The molecule has 4 nitrogen and oxygen atoms in total. The normalized spacial score (nSPS) is 10.5. The SMILES string of the molecule is NCC(=O)Oc1cc(-c2ccccc2)c2ccccc2n1. The van der Waals surface area contributed by atoms with E-state index in [-0.39, 0.29) is 12.4 Å². The average Bonchev–Trinajstić information content (AvgIpc) is 2.55. The van der Waals surface area contributed by atoms with Crippen LogP contribution in [0.5, 0.6) is 5.88 Å². The molecule has 2 N–H and O–H groups in total. The van der Waals surface area contributed by atoms with Crippen LogP contribution < -0.4 is 10.5 Å². The van der Waals surface area contributed by atoms with Gasteiger partial charge in [0.1, 0.15) is 0 Å². The van der Waals surface area contributed by atoms with Gasteiger partial charge in [0.25, 0.3) is 0 Å². The summed E-state index contributed by atoms with van der Waals surface area (Å²) in [5.74, 6) is -0.236. The minimum Gasteiger partial charge on any atom is -0.406 e. The molecule has 4 heteroatoms. The Morgan fingerprint density at radius 1 is 1.05 bits per heavy atom. The molecule has 2 aromatic carbocycles. The number of carbonyl (C=O) groups is 1. The van der Waals surface area contributed by atoms with Crippen molar-refractivity contribution in [2.75, 3.05) is 6.54 Å². The summed E-state index contributed by atoms with van der Waals surface area (Å²) >= 11 is 0. The van der Waals surface area contributed by atoms with Crippen LogP contribution in [0.25, 0.3) is 22.0 Å². The highest BCUT2D eigenvalue weighted by molar-refractivity contribution is 5.95. The number of rotatable bonds is 3. The Morgan fingerprint density at radius 2 is 1.76 bits per heavy atom. The van der Waals surface area contributed by atoms with Crippen molar-refractivity contribution in [1.29, 1.82) is 0 Å². The van der Waals surface area contributed by atoms with Crippen LogP contribution in [0.1, 0.15) is 0 Å². The van der Waals surface area contributed by atoms with E-state index in [1.54, 1.807) is 6.07 Å². The van der Waals surface area contributed by atoms with Crippen molar-refractivity contribution in [3.8, 4) is 17.0 Å². The highest BCUT2D eigenvalue weighted by Crippen LogP contribution is 2.30. The Hall–Kier alpha value is -2.72. The molecule has 0 radical (unpaired) electrons. The zero-order chi connectivity index (χ0) is 14.7. The summed E-state index contributed by atoms with van der Waals surface area (Å²) in [5.41, 5.74) is 8.07. The monoisotopic (exact) mass is 278 g/mol. The van der Waals surface area contributed by atoms with Crippen molar-refractivity contribution in [2.24, 2.45) is 5.73 Å². The molecule has 104 valence electrons. The molecule has 0 aliphatic carbocycles. The fourth-order valence-electron chi connectivity index (χ4n) is 2.22. The number of hydrogen-bond donors (Lipinski definition) is 1. The van der Waals surface area contributed by atoms with E-state index in [0.29, 0.717) is 0 Å². The van der Waals surface area contributed by atoms with E-state index in [1.165, 1.54) is 0 Å². The molecule has 0 spiro atoms. The molecule has 0 saturated carbocycles. The Balaban J connectivity index is 2.19. The summed E-state index contributed by atoms with van der Waals surface area (Å²) in [6.07, 6.45) is 0. The van der Waals surface area contributed by atoms with Crippen LogP contribution in [-0.4, -0.2) is 17.5 Å². The molecule has 0 aliphatic rings. The molecule has 0 fully saturated rings. The van der Waals surface area contributed by atoms with Gasteiger partial charge in [-0.25, -0.2) is 4.98 Å². The van der Waals surface area contributed by atoms with Gasteiger partial charge in [0, 0.05) is 11.5 Å². The zero-order valence-corrected chi connectivity index (χ0v) is 11.3. The molecule has 3 aromatic rings. The number of carbonyl (C=O) groups excluding carboxylic acids is 1. The first-order chi connectivity index (χ1) is 10.3. The fraction of sp³-hybridized carbons (Fsp3) is 0.0588. The van der Waals surface area contributed by atoms with Crippen LogP contribution in [0.15, 0.2) is 60.7 Å². The van der Waals surface area contributed by atoms with Crippen molar-refractivity contribution in [1.82, 2.24) is 4.98 Å². The molecule has 1 heterocycles. The first-order valence-corrected chi connectivity index (χ1v) is 6.64. The standard InChI is InChI=1S/C17H14N2O2/c18-11-17(20)21-16-10-14(12-6-2-1-3-7-12)13-8-4-5-9-15(13)19-16/h1-10H,11,18H2. The van der Waals surface area contributed by atoms with Gasteiger partial charge < -0.3 is 10.5 Å². The molecular formula is C17H14N2O2. The highest BCUT2D eigenvalue weighted by atomic mass is 16.5. The van der Waals surface area contributed by atoms with Gasteiger partial charge in [0.15, 0.2) is 0 Å². The molecule has 0 saturated heterocycles. The summed E-state index contributed by atoms with van der Waals surface area (Å²) in [6, 6.07) is 19.4. The van der Waals surface area contributed by atoms with Crippen LogP contribution in [-0.2, 0) is 4.79 Å². The van der Waals surface area contributed by atoms with Gasteiger partial charge in [-0.3, -0.25) is 4.79 Å². The largest absolute Gasteiger partial charge is 0.406 e. The van der Waals surface area contributed by atoms with Crippen LogP contribution in [0, 0.1) is 0 Å². The van der Waals surface area contributed by atoms with E-state index in [2.05, 4.69) is 4.98 Å². The Labute approximate surface area is 122 Å².